The molecule has 3 aromatic rings. The minimum absolute atomic E-state index is 0.0186. The predicted molar refractivity (Wildman–Crippen MR) is 145 cm³/mol. The van der Waals surface area contributed by atoms with Gasteiger partial charge in [0.2, 0.25) is 5.91 Å². The lowest BCUT2D eigenvalue weighted by Crippen LogP contribution is -2.27. The van der Waals surface area contributed by atoms with Crippen LogP contribution in [-0.4, -0.2) is 40.1 Å². The minimum Gasteiger partial charge on any atom is -0.442 e. The number of hydrogen-bond donors (Lipinski definition) is 0. The largest absolute Gasteiger partial charge is 0.442 e. The highest BCUT2D eigenvalue weighted by atomic mass is 79.9. The number of carbonyl (C=O) groups excluding carboxylic acids is 2. The third kappa shape index (κ3) is 7.42. The summed E-state index contributed by atoms with van der Waals surface area (Å²) in [5, 5.41) is 0.537. The third-order valence-corrected chi connectivity index (χ3v) is 9.07. The molecular formula is C25H26BrF2N3O4S2. The SMILES string of the molecule is CN(C(=O)Cc1ccc(-c2cc(F)ccc2F)cc1)c1nc(CBr)c(S(C)(=O)=NC(=O)OC(C)(C)C)s1. The molecule has 2 aromatic carbocycles. The lowest BCUT2D eigenvalue weighted by atomic mass is 10.0. The molecule has 1 atom stereocenters. The minimum atomic E-state index is -3.18. The molecule has 0 aliphatic carbocycles. The van der Waals surface area contributed by atoms with Crippen molar-refractivity contribution in [2.75, 3.05) is 18.2 Å². The van der Waals surface area contributed by atoms with E-state index in [0.717, 1.165) is 29.5 Å². The Balaban J connectivity index is 1.80. The van der Waals surface area contributed by atoms with Crippen LogP contribution in [0.5, 0.6) is 0 Å². The number of thiazole rings is 1. The van der Waals surface area contributed by atoms with Crippen LogP contribution in [0.15, 0.2) is 51.0 Å². The Hall–Kier alpha value is -2.70. The lowest BCUT2D eigenvalue weighted by Gasteiger charge is -2.17. The molecule has 3 rings (SSSR count). The molecule has 0 N–H and O–H groups in total. The molecule has 0 aliphatic heterocycles. The Morgan fingerprint density at radius 3 is 2.41 bits per heavy atom. The summed E-state index contributed by atoms with van der Waals surface area (Å²) in [6.07, 6.45) is 0.400. The summed E-state index contributed by atoms with van der Waals surface area (Å²) in [5.41, 5.74) is 0.894. The number of carbonyl (C=O) groups is 2. The maximum Gasteiger partial charge on any atom is 0.442 e. The molecule has 37 heavy (non-hydrogen) atoms. The molecular weight excluding hydrogens is 588 g/mol. The average molecular weight is 615 g/mol. The van der Waals surface area contributed by atoms with Gasteiger partial charge < -0.3 is 4.74 Å². The second kappa shape index (κ2) is 11.4. The van der Waals surface area contributed by atoms with Crippen LogP contribution in [0, 0.1) is 11.6 Å². The van der Waals surface area contributed by atoms with Crippen LogP contribution in [0.3, 0.4) is 0 Å². The van der Waals surface area contributed by atoms with E-state index in [1.165, 1.54) is 11.2 Å². The van der Waals surface area contributed by atoms with Gasteiger partial charge in [-0.1, -0.05) is 51.5 Å². The van der Waals surface area contributed by atoms with Gasteiger partial charge >= 0.3 is 6.09 Å². The van der Waals surface area contributed by atoms with Gasteiger partial charge in [0.15, 0.2) is 5.13 Å². The van der Waals surface area contributed by atoms with Crippen LogP contribution in [0.4, 0.5) is 18.7 Å². The number of alkyl halides is 1. The van der Waals surface area contributed by atoms with Crippen molar-refractivity contribution in [3.63, 3.8) is 0 Å². The predicted octanol–water partition coefficient (Wildman–Crippen LogP) is 6.58. The first-order chi connectivity index (χ1) is 17.2. The van der Waals surface area contributed by atoms with Gasteiger partial charge in [-0.15, -0.1) is 4.36 Å². The van der Waals surface area contributed by atoms with E-state index < -0.39 is 33.1 Å². The fourth-order valence-corrected chi connectivity index (χ4v) is 6.72. The highest BCUT2D eigenvalue weighted by molar-refractivity contribution is 9.08. The van der Waals surface area contributed by atoms with Gasteiger partial charge in [-0.05, 0) is 50.1 Å². The topological polar surface area (TPSA) is 88.9 Å². The molecule has 0 saturated carbocycles. The van der Waals surface area contributed by atoms with Crippen molar-refractivity contribution in [1.82, 2.24) is 4.98 Å². The molecule has 198 valence electrons. The summed E-state index contributed by atoms with van der Waals surface area (Å²) in [6.45, 7) is 5.04. The molecule has 0 bridgehead atoms. The van der Waals surface area contributed by atoms with Gasteiger partial charge in [-0.2, -0.15) is 0 Å². The number of hydrogen-bond acceptors (Lipinski definition) is 6. The smallest absolute Gasteiger partial charge is 0.442 e. The van der Waals surface area contributed by atoms with E-state index in [1.54, 1.807) is 52.1 Å². The van der Waals surface area contributed by atoms with Gasteiger partial charge in [0, 0.05) is 24.2 Å². The van der Waals surface area contributed by atoms with E-state index in [4.69, 9.17) is 4.74 Å². The number of anilines is 1. The van der Waals surface area contributed by atoms with Crippen molar-refractivity contribution < 1.29 is 27.3 Å². The van der Waals surface area contributed by atoms with Crippen molar-refractivity contribution in [2.45, 2.75) is 42.3 Å². The molecule has 1 aromatic heterocycles. The molecule has 7 nitrogen and oxygen atoms in total. The molecule has 0 saturated heterocycles. The number of halogens is 3. The summed E-state index contributed by atoms with van der Waals surface area (Å²) in [7, 11) is -1.63. The van der Waals surface area contributed by atoms with Gasteiger partial charge in [0.05, 0.1) is 21.8 Å². The van der Waals surface area contributed by atoms with Crippen molar-refractivity contribution in [2.24, 2.45) is 4.36 Å². The Labute approximate surface area is 227 Å². The normalized spacial score (nSPS) is 13.1. The number of nitrogens with zero attached hydrogens (tertiary/aromatic N) is 3. The first-order valence-corrected chi connectivity index (χ1v) is 14.9. The first-order valence-electron chi connectivity index (χ1n) is 11.0. The van der Waals surface area contributed by atoms with E-state index in [0.29, 0.717) is 22.0 Å². The van der Waals surface area contributed by atoms with Crippen LogP contribution in [0.25, 0.3) is 11.1 Å². The van der Waals surface area contributed by atoms with Crippen molar-refractivity contribution in [3.8, 4) is 11.1 Å². The Morgan fingerprint density at radius 2 is 1.81 bits per heavy atom. The van der Waals surface area contributed by atoms with Crippen LogP contribution in [0.1, 0.15) is 32.0 Å². The van der Waals surface area contributed by atoms with E-state index in [2.05, 4.69) is 25.3 Å². The van der Waals surface area contributed by atoms with Crippen LogP contribution in [-0.2, 0) is 31.0 Å². The fourth-order valence-electron chi connectivity index (χ4n) is 3.23. The zero-order valence-electron chi connectivity index (χ0n) is 20.9. The van der Waals surface area contributed by atoms with Crippen molar-refractivity contribution >= 4 is 54.1 Å². The molecule has 1 heterocycles. The zero-order valence-corrected chi connectivity index (χ0v) is 24.1. The quantitative estimate of drug-likeness (QED) is 0.293. The van der Waals surface area contributed by atoms with Gasteiger partial charge in [-0.25, -0.2) is 22.8 Å². The number of aromatic nitrogens is 1. The molecule has 12 heteroatoms. The number of likely N-dealkylation sites (N-methyl/N-ethyl adjacent to an activating group) is 1. The van der Waals surface area contributed by atoms with Crippen LogP contribution in [0.2, 0.25) is 0 Å². The molecule has 0 radical (unpaired) electrons. The van der Waals surface area contributed by atoms with E-state index >= 15 is 0 Å². The number of ether oxygens (including phenoxy) is 1. The summed E-state index contributed by atoms with van der Waals surface area (Å²) in [5.74, 6) is -1.38. The third-order valence-electron chi connectivity index (χ3n) is 4.97. The van der Waals surface area contributed by atoms with Gasteiger partial charge in [0.25, 0.3) is 0 Å². The second-order valence-corrected chi connectivity index (χ2v) is 13.2. The maximum absolute atomic E-state index is 14.1. The van der Waals surface area contributed by atoms with Crippen molar-refractivity contribution in [3.05, 3.63) is 65.4 Å². The first kappa shape index (κ1) is 28.9. The monoisotopic (exact) mass is 613 g/mol. The Bertz CT molecular complexity index is 1440. The highest BCUT2D eigenvalue weighted by Crippen LogP contribution is 2.33. The summed E-state index contributed by atoms with van der Waals surface area (Å²) in [6, 6.07) is 9.81. The molecule has 0 fully saturated rings. The highest BCUT2D eigenvalue weighted by Gasteiger charge is 2.25. The fraction of sp³-hybridized carbons (Fsp3) is 0.320. The average Bonchev–Trinajstić information content (AvgIpc) is 3.24. The molecule has 0 spiro atoms. The number of amides is 2. The number of benzene rings is 2. The molecule has 1 unspecified atom stereocenters. The molecule has 2 amide bonds. The van der Waals surface area contributed by atoms with E-state index in [-0.39, 0.29) is 27.4 Å². The van der Waals surface area contributed by atoms with Gasteiger partial charge in [-0.3, -0.25) is 9.69 Å². The zero-order chi connectivity index (χ0) is 27.5. The van der Waals surface area contributed by atoms with Crippen LogP contribution >= 0.6 is 27.3 Å². The van der Waals surface area contributed by atoms with Crippen LogP contribution < -0.4 is 4.90 Å². The Kier molecular flexibility index (Phi) is 8.86. The van der Waals surface area contributed by atoms with E-state index in [9.17, 15) is 22.6 Å². The van der Waals surface area contributed by atoms with Gasteiger partial charge in [0.1, 0.15) is 21.4 Å². The lowest BCUT2D eigenvalue weighted by molar-refractivity contribution is -0.117. The maximum atomic E-state index is 14.1. The number of rotatable bonds is 6. The summed E-state index contributed by atoms with van der Waals surface area (Å²) in [4.78, 5) is 30.9. The van der Waals surface area contributed by atoms with Crippen molar-refractivity contribution in [1.29, 1.82) is 0 Å². The summed E-state index contributed by atoms with van der Waals surface area (Å²) >= 11 is 4.32. The second-order valence-electron chi connectivity index (χ2n) is 9.19. The van der Waals surface area contributed by atoms with E-state index in [1.807, 2.05) is 0 Å². The Morgan fingerprint density at radius 1 is 1.16 bits per heavy atom. The standard InChI is InChI=1S/C25H26BrF2N3O4S2/c1-25(2,3)35-24(33)30-37(5,34)22-20(14-26)29-23(36-22)31(4)21(32)12-15-6-8-16(9-7-15)18-13-17(27)10-11-19(18)28/h6-11,13H,12,14H2,1-5H3. The summed E-state index contributed by atoms with van der Waals surface area (Å²) < 4.78 is 50.1. The molecule has 0 aliphatic rings.